The van der Waals surface area contributed by atoms with Crippen LogP contribution in [0.5, 0.6) is 0 Å². The molecule has 0 saturated carbocycles. The molecule has 2 aromatic carbocycles. The second-order valence-electron chi connectivity index (χ2n) is 5.20. The minimum atomic E-state index is 0.0755. The largest absolute Gasteiger partial charge is 0.326 e. The lowest BCUT2D eigenvalue weighted by Gasteiger charge is -2.13. The van der Waals surface area contributed by atoms with E-state index < -0.39 is 0 Å². The fourth-order valence-electron chi connectivity index (χ4n) is 2.11. The van der Waals surface area contributed by atoms with Crippen LogP contribution in [0.25, 0.3) is 0 Å². The van der Waals surface area contributed by atoms with Crippen molar-refractivity contribution in [3.63, 3.8) is 0 Å². The fraction of sp³-hybridized carbons (Fsp3) is 0.278. The first-order valence-electron chi connectivity index (χ1n) is 7.23. The molecule has 0 spiro atoms. The predicted octanol–water partition coefficient (Wildman–Crippen LogP) is 4.93. The van der Waals surface area contributed by atoms with Gasteiger partial charge in [0.05, 0.1) is 0 Å². The Bertz CT molecular complexity index is 581. The van der Waals surface area contributed by atoms with Crippen LogP contribution in [-0.4, -0.2) is 11.7 Å². The highest BCUT2D eigenvalue weighted by molar-refractivity contribution is 7.99. The van der Waals surface area contributed by atoms with Crippen molar-refractivity contribution < 1.29 is 4.79 Å². The molecule has 110 valence electrons. The molecule has 0 atom stereocenters. The van der Waals surface area contributed by atoms with Crippen molar-refractivity contribution >= 4 is 23.4 Å². The lowest BCUT2D eigenvalue weighted by atomic mass is 10.0. The first-order valence-corrected chi connectivity index (χ1v) is 8.22. The molecule has 21 heavy (non-hydrogen) atoms. The Hall–Kier alpha value is -1.74. The molecule has 1 N–H and O–H groups in total. The van der Waals surface area contributed by atoms with Crippen molar-refractivity contribution in [1.29, 1.82) is 0 Å². The van der Waals surface area contributed by atoms with E-state index in [0.717, 1.165) is 11.4 Å². The van der Waals surface area contributed by atoms with Crippen LogP contribution in [0, 0.1) is 0 Å². The van der Waals surface area contributed by atoms with Gasteiger partial charge in [-0.3, -0.25) is 4.79 Å². The van der Waals surface area contributed by atoms with E-state index in [1.165, 1.54) is 10.5 Å². The lowest BCUT2D eigenvalue weighted by Crippen LogP contribution is -2.13. The van der Waals surface area contributed by atoms with Crippen LogP contribution in [0.3, 0.4) is 0 Å². The zero-order valence-corrected chi connectivity index (χ0v) is 13.3. The second kappa shape index (κ2) is 7.89. The van der Waals surface area contributed by atoms with Gasteiger partial charge in [-0.05, 0) is 29.7 Å². The van der Waals surface area contributed by atoms with Gasteiger partial charge in [0.25, 0.3) is 0 Å². The number of hydrogen-bond acceptors (Lipinski definition) is 2. The zero-order chi connectivity index (χ0) is 15.1. The van der Waals surface area contributed by atoms with Crippen LogP contribution in [0.15, 0.2) is 59.5 Å². The molecule has 0 aliphatic heterocycles. The standard InChI is InChI=1S/C18H21NOS/c1-14(2)16-10-6-7-11-17(16)19-18(20)12-13-21-15-8-4-3-5-9-15/h3-11,14H,12-13H2,1-2H3,(H,19,20). The van der Waals surface area contributed by atoms with Gasteiger partial charge < -0.3 is 5.32 Å². The van der Waals surface area contributed by atoms with Gasteiger partial charge in [-0.1, -0.05) is 50.2 Å². The molecule has 0 radical (unpaired) electrons. The van der Waals surface area contributed by atoms with Crippen molar-refractivity contribution in [3.05, 3.63) is 60.2 Å². The first kappa shape index (κ1) is 15.6. The Labute approximate surface area is 131 Å². The van der Waals surface area contributed by atoms with E-state index in [1.54, 1.807) is 11.8 Å². The summed E-state index contributed by atoms with van der Waals surface area (Å²) in [6.07, 6.45) is 0.520. The van der Waals surface area contributed by atoms with Gasteiger partial charge in [0.2, 0.25) is 5.91 Å². The molecular formula is C18H21NOS. The number of anilines is 1. The molecule has 0 saturated heterocycles. The number of amides is 1. The lowest BCUT2D eigenvalue weighted by molar-refractivity contribution is -0.115. The molecule has 0 unspecified atom stereocenters. The quantitative estimate of drug-likeness (QED) is 0.766. The third kappa shape index (κ3) is 4.94. The number of para-hydroxylation sites is 1. The topological polar surface area (TPSA) is 29.1 Å². The maximum absolute atomic E-state index is 12.1. The summed E-state index contributed by atoms with van der Waals surface area (Å²) in [4.78, 5) is 13.3. The van der Waals surface area contributed by atoms with Crippen LogP contribution >= 0.6 is 11.8 Å². The molecule has 0 aliphatic rings. The molecule has 3 heteroatoms. The number of carbonyl (C=O) groups excluding carboxylic acids is 1. The Morgan fingerprint density at radius 2 is 1.71 bits per heavy atom. The molecule has 0 aromatic heterocycles. The molecular weight excluding hydrogens is 278 g/mol. The Balaban J connectivity index is 1.85. The van der Waals surface area contributed by atoms with Gasteiger partial charge in [-0.2, -0.15) is 0 Å². The molecule has 1 amide bonds. The van der Waals surface area contributed by atoms with Crippen LogP contribution in [0.2, 0.25) is 0 Å². The molecule has 2 aromatic rings. The molecule has 0 bridgehead atoms. The number of nitrogens with one attached hydrogen (secondary N) is 1. The summed E-state index contributed by atoms with van der Waals surface area (Å²) in [6.45, 7) is 4.27. The normalized spacial score (nSPS) is 10.6. The fourth-order valence-corrected chi connectivity index (χ4v) is 2.98. The average Bonchev–Trinajstić information content (AvgIpc) is 2.48. The summed E-state index contributed by atoms with van der Waals surface area (Å²) in [5.41, 5.74) is 2.11. The van der Waals surface area contributed by atoms with Crippen LogP contribution in [-0.2, 0) is 4.79 Å². The number of benzene rings is 2. The molecule has 2 rings (SSSR count). The molecule has 0 fully saturated rings. The van der Waals surface area contributed by atoms with Crippen LogP contribution in [0.4, 0.5) is 5.69 Å². The van der Waals surface area contributed by atoms with Gasteiger partial charge >= 0.3 is 0 Å². The Kier molecular flexibility index (Phi) is 5.88. The molecule has 0 aliphatic carbocycles. The SMILES string of the molecule is CC(C)c1ccccc1NC(=O)CCSc1ccccc1. The van der Waals surface area contributed by atoms with Gasteiger partial charge in [0.15, 0.2) is 0 Å². The number of rotatable bonds is 6. The van der Waals surface area contributed by atoms with Crippen molar-refractivity contribution in [2.75, 3.05) is 11.1 Å². The highest BCUT2D eigenvalue weighted by Gasteiger charge is 2.09. The van der Waals surface area contributed by atoms with E-state index in [1.807, 2.05) is 36.4 Å². The Morgan fingerprint density at radius 3 is 2.43 bits per heavy atom. The van der Waals surface area contributed by atoms with Crippen molar-refractivity contribution in [2.24, 2.45) is 0 Å². The predicted molar refractivity (Wildman–Crippen MR) is 90.9 cm³/mol. The van der Waals surface area contributed by atoms with Gasteiger partial charge in [-0.25, -0.2) is 0 Å². The van der Waals surface area contributed by atoms with Gasteiger partial charge in [0.1, 0.15) is 0 Å². The van der Waals surface area contributed by atoms with E-state index in [0.29, 0.717) is 12.3 Å². The van der Waals surface area contributed by atoms with Crippen molar-refractivity contribution in [1.82, 2.24) is 0 Å². The highest BCUT2D eigenvalue weighted by atomic mass is 32.2. The maximum Gasteiger partial charge on any atom is 0.225 e. The van der Waals surface area contributed by atoms with Crippen LogP contribution in [0.1, 0.15) is 31.7 Å². The van der Waals surface area contributed by atoms with Crippen molar-refractivity contribution in [2.45, 2.75) is 31.1 Å². The Morgan fingerprint density at radius 1 is 1.05 bits per heavy atom. The molecule has 0 heterocycles. The summed E-state index contributed by atoms with van der Waals surface area (Å²) in [6, 6.07) is 18.2. The summed E-state index contributed by atoms with van der Waals surface area (Å²) < 4.78 is 0. The summed E-state index contributed by atoms with van der Waals surface area (Å²) in [7, 11) is 0. The van der Waals surface area contributed by atoms with E-state index in [9.17, 15) is 4.79 Å². The summed E-state index contributed by atoms with van der Waals surface area (Å²) in [5.74, 6) is 1.27. The third-order valence-corrected chi connectivity index (χ3v) is 4.21. The summed E-state index contributed by atoms with van der Waals surface area (Å²) >= 11 is 1.71. The monoisotopic (exact) mass is 299 g/mol. The smallest absolute Gasteiger partial charge is 0.225 e. The zero-order valence-electron chi connectivity index (χ0n) is 12.5. The van der Waals surface area contributed by atoms with E-state index >= 15 is 0 Å². The van der Waals surface area contributed by atoms with Crippen molar-refractivity contribution in [3.8, 4) is 0 Å². The average molecular weight is 299 g/mol. The van der Waals surface area contributed by atoms with Gasteiger partial charge in [-0.15, -0.1) is 11.8 Å². The van der Waals surface area contributed by atoms with Gasteiger partial charge in [0, 0.05) is 22.8 Å². The van der Waals surface area contributed by atoms with Crippen LogP contribution < -0.4 is 5.32 Å². The minimum absolute atomic E-state index is 0.0755. The number of carbonyl (C=O) groups is 1. The molecule has 2 nitrogen and oxygen atoms in total. The summed E-state index contributed by atoms with van der Waals surface area (Å²) in [5, 5.41) is 3.03. The second-order valence-corrected chi connectivity index (χ2v) is 6.37. The maximum atomic E-state index is 12.1. The minimum Gasteiger partial charge on any atom is -0.326 e. The number of hydrogen-bond donors (Lipinski definition) is 1. The van der Waals surface area contributed by atoms with E-state index in [2.05, 4.69) is 37.4 Å². The highest BCUT2D eigenvalue weighted by Crippen LogP contribution is 2.24. The number of thioether (sulfide) groups is 1. The third-order valence-electron chi connectivity index (χ3n) is 3.20. The first-order chi connectivity index (χ1) is 10.2. The van der Waals surface area contributed by atoms with E-state index in [4.69, 9.17) is 0 Å². The van der Waals surface area contributed by atoms with E-state index in [-0.39, 0.29) is 5.91 Å².